The van der Waals surface area contributed by atoms with Gasteiger partial charge in [-0.25, -0.2) is 4.98 Å². The first-order valence-corrected chi connectivity index (χ1v) is 6.64. The van der Waals surface area contributed by atoms with E-state index in [0.29, 0.717) is 5.92 Å². The summed E-state index contributed by atoms with van der Waals surface area (Å²) in [6.45, 7) is 6.47. The molecule has 0 radical (unpaired) electrons. The maximum atomic E-state index is 5.38. The molecule has 1 aliphatic heterocycles. The Morgan fingerprint density at radius 2 is 2.50 bits per heavy atom. The number of methoxy groups -OCH3 is 1. The highest BCUT2D eigenvalue weighted by Gasteiger charge is 2.16. The van der Waals surface area contributed by atoms with Gasteiger partial charge in [-0.3, -0.25) is 0 Å². The van der Waals surface area contributed by atoms with Gasteiger partial charge in [0.15, 0.2) is 0 Å². The number of aromatic nitrogens is 2. The molecule has 1 N–H and O–H groups in total. The SMILES string of the molecule is COCCCn1cc(C)nc1NCC1CCOC1. The van der Waals surface area contributed by atoms with Gasteiger partial charge in [-0.15, -0.1) is 0 Å². The molecule has 5 heteroatoms. The molecule has 0 aromatic carbocycles. The minimum Gasteiger partial charge on any atom is -0.385 e. The largest absolute Gasteiger partial charge is 0.385 e. The van der Waals surface area contributed by atoms with Gasteiger partial charge in [0.05, 0.1) is 12.3 Å². The van der Waals surface area contributed by atoms with Crippen LogP contribution in [0.1, 0.15) is 18.5 Å². The molecule has 1 saturated heterocycles. The molecule has 5 nitrogen and oxygen atoms in total. The highest BCUT2D eigenvalue weighted by atomic mass is 16.5. The van der Waals surface area contributed by atoms with Gasteiger partial charge >= 0.3 is 0 Å². The number of rotatable bonds is 7. The van der Waals surface area contributed by atoms with E-state index >= 15 is 0 Å². The molecule has 1 fully saturated rings. The van der Waals surface area contributed by atoms with Crippen LogP contribution in [0.15, 0.2) is 6.20 Å². The number of imidazole rings is 1. The van der Waals surface area contributed by atoms with Gasteiger partial charge in [0, 0.05) is 45.5 Å². The molecule has 18 heavy (non-hydrogen) atoms. The summed E-state index contributed by atoms with van der Waals surface area (Å²) in [5.74, 6) is 1.59. The Kier molecular flexibility index (Phi) is 5.01. The van der Waals surface area contributed by atoms with Crippen LogP contribution in [0, 0.1) is 12.8 Å². The van der Waals surface area contributed by atoms with Crippen LogP contribution in [0.25, 0.3) is 0 Å². The number of hydrogen-bond acceptors (Lipinski definition) is 4. The van der Waals surface area contributed by atoms with E-state index in [4.69, 9.17) is 9.47 Å². The zero-order valence-electron chi connectivity index (χ0n) is 11.3. The Labute approximate surface area is 108 Å². The van der Waals surface area contributed by atoms with E-state index < -0.39 is 0 Å². The van der Waals surface area contributed by atoms with Crippen LogP contribution in [0.2, 0.25) is 0 Å². The molecule has 0 spiro atoms. The second-order valence-electron chi connectivity index (χ2n) is 4.86. The molecule has 1 aromatic rings. The van der Waals surface area contributed by atoms with E-state index in [1.807, 2.05) is 6.92 Å². The maximum Gasteiger partial charge on any atom is 0.203 e. The number of nitrogens with one attached hydrogen (secondary N) is 1. The lowest BCUT2D eigenvalue weighted by Crippen LogP contribution is -2.17. The summed E-state index contributed by atoms with van der Waals surface area (Å²) in [4.78, 5) is 4.52. The van der Waals surface area contributed by atoms with Crippen LogP contribution in [0.4, 0.5) is 5.95 Å². The van der Waals surface area contributed by atoms with Crippen LogP contribution in [0.5, 0.6) is 0 Å². The highest BCUT2D eigenvalue weighted by molar-refractivity contribution is 5.28. The third kappa shape index (κ3) is 3.71. The summed E-state index contributed by atoms with van der Waals surface area (Å²) in [7, 11) is 1.73. The molecule has 1 aromatic heterocycles. The van der Waals surface area contributed by atoms with Crippen molar-refractivity contribution in [1.82, 2.24) is 9.55 Å². The standard InChI is InChI=1S/C13H23N3O2/c1-11-9-16(5-3-6-17-2)13(15-11)14-8-12-4-7-18-10-12/h9,12H,3-8,10H2,1-2H3,(H,14,15). The molecule has 2 heterocycles. The third-order valence-corrected chi connectivity index (χ3v) is 3.22. The molecule has 0 bridgehead atoms. The van der Waals surface area contributed by atoms with Gasteiger partial charge in [0.1, 0.15) is 0 Å². The fourth-order valence-electron chi connectivity index (χ4n) is 2.22. The molecule has 1 aliphatic rings. The number of nitrogens with zero attached hydrogens (tertiary/aromatic N) is 2. The molecule has 0 saturated carbocycles. The van der Waals surface area contributed by atoms with Crippen molar-refractivity contribution in [3.05, 3.63) is 11.9 Å². The van der Waals surface area contributed by atoms with Crippen LogP contribution in [-0.4, -0.2) is 43.0 Å². The molecule has 2 rings (SSSR count). The van der Waals surface area contributed by atoms with Crippen molar-refractivity contribution in [3.8, 4) is 0 Å². The Morgan fingerprint density at radius 1 is 1.61 bits per heavy atom. The van der Waals surface area contributed by atoms with Gasteiger partial charge in [0.2, 0.25) is 5.95 Å². The fourth-order valence-corrected chi connectivity index (χ4v) is 2.22. The molecular weight excluding hydrogens is 230 g/mol. The third-order valence-electron chi connectivity index (χ3n) is 3.22. The van der Waals surface area contributed by atoms with Crippen LogP contribution < -0.4 is 5.32 Å². The van der Waals surface area contributed by atoms with E-state index in [-0.39, 0.29) is 0 Å². The van der Waals surface area contributed by atoms with Crippen molar-refractivity contribution < 1.29 is 9.47 Å². The minimum atomic E-state index is 0.620. The Bertz CT molecular complexity index is 359. The van der Waals surface area contributed by atoms with E-state index in [1.54, 1.807) is 7.11 Å². The second-order valence-corrected chi connectivity index (χ2v) is 4.86. The summed E-state index contributed by atoms with van der Waals surface area (Å²) in [5, 5.41) is 3.43. The van der Waals surface area contributed by atoms with Crippen LogP contribution >= 0.6 is 0 Å². The monoisotopic (exact) mass is 253 g/mol. The summed E-state index contributed by atoms with van der Waals surface area (Å²) in [6, 6.07) is 0. The van der Waals surface area contributed by atoms with E-state index in [2.05, 4.69) is 21.1 Å². The number of ether oxygens (including phenoxy) is 2. The smallest absolute Gasteiger partial charge is 0.203 e. The van der Waals surface area contributed by atoms with Gasteiger partial charge in [-0.05, 0) is 19.8 Å². The predicted octanol–water partition coefficient (Wildman–Crippen LogP) is 1.68. The van der Waals surface area contributed by atoms with Gasteiger partial charge in [-0.1, -0.05) is 0 Å². The highest BCUT2D eigenvalue weighted by Crippen LogP contribution is 2.15. The van der Waals surface area contributed by atoms with E-state index in [9.17, 15) is 0 Å². The Hall–Kier alpha value is -1.07. The van der Waals surface area contributed by atoms with Crippen molar-refractivity contribution in [2.45, 2.75) is 26.3 Å². The van der Waals surface area contributed by atoms with Gasteiger partial charge < -0.3 is 19.4 Å². The first-order valence-electron chi connectivity index (χ1n) is 6.64. The summed E-state index contributed by atoms with van der Waals surface area (Å²) < 4.78 is 12.6. The van der Waals surface area contributed by atoms with Gasteiger partial charge in [0.25, 0.3) is 0 Å². The van der Waals surface area contributed by atoms with Crippen molar-refractivity contribution in [2.75, 3.05) is 38.8 Å². The molecular formula is C13H23N3O2. The number of hydrogen-bond donors (Lipinski definition) is 1. The van der Waals surface area contributed by atoms with Gasteiger partial charge in [-0.2, -0.15) is 0 Å². The lowest BCUT2D eigenvalue weighted by atomic mass is 10.1. The average molecular weight is 253 g/mol. The Balaban J connectivity index is 1.85. The first-order chi connectivity index (χ1) is 8.79. The zero-order chi connectivity index (χ0) is 12.8. The van der Waals surface area contributed by atoms with Crippen LogP contribution in [-0.2, 0) is 16.0 Å². The van der Waals surface area contributed by atoms with Crippen molar-refractivity contribution in [2.24, 2.45) is 5.92 Å². The lowest BCUT2D eigenvalue weighted by Gasteiger charge is -2.12. The molecule has 102 valence electrons. The first kappa shape index (κ1) is 13.4. The molecule has 1 unspecified atom stereocenters. The lowest BCUT2D eigenvalue weighted by molar-refractivity contribution is 0.187. The number of aryl methyl sites for hydroxylation is 2. The molecule has 0 amide bonds. The summed E-state index contributed by atoms with van der Waals surface area (Å²) >= 11 is 0. The molecule has 0 aliphatic carbocycles. The summed E-state index contributed by atoms with van der Waals surface area (Å²) in [5.41, 5.74) is 1.05. The van der Waals surface area contributed by atoms with Crippen molar-refractivity contribution >= 4 is 5.95 Å². The average Bonchev–Trinajstić information content (AvgIpc) is 2.97. The molecule has 1 atom stereocenters. The fraction of sp³-hybridized carbons (Fsp3) is 0.769. The Morgan fingerprint density at radius 3 is 3.22 bits per heavy atom. The normalized spacial score (nSPS) is 19.3. The van der Waals surface area contributed by atoms with Crippen LogP contribution in [0.3, 0.4) is 0 Å². The zero-order valence-corrected chi connectivity index (χ0v) is 11.3. The minimum absolute atomic E-state index is 0.620. The topological polar surface area (TPSA) is 48.3 Å². The summed E-state index contributed by atoms with van der Waals surface area (Å²) in [6.07, 6.45) is 4.24. The maximum absolute atomic E-state index is 5.38. The van der Waals surface area contributed by atoms with Crippen molar-refractivity contribution in [1.29, 1.82) is 0 Å². The second kappa shape index (κ2) is 6.75. The predicted molar refractivity (Wildman–Crippen MR) is 70.9 cm³/mol. The van der Waals surface area contributed by atoms with E-state index in [1.165, 1.54) is 0 Å². The number of anilines is 1. The van der Waals surface area contributed by atoms with Crippen molar-refractivity contribution in [3.63, 3.8) is 0 Å². The quantitative estimate of drug-likeness (QED) is 0.751. The van der Waals surface area contributed by atoms with E-state index in [0.717, 1.165) is 57.4 Å².